The van der Waals surface area contributed by atoms with Gasteiger partial charge in [-0.2, -0.15) is 8.42 Å². The second-order valence-corrected chi connectivity index (χ2v) is 9.23. The topological polar surface area (TPSA) is 151 Å². The lowest BCUT2D eigenvalue weighted by molar-refractivity contribution is 0.0251. The minimum Gasteiger partial charge on any atom is -0.441 e. The first-order chi connectivity index (χ1) is 14.5. The van der Waals surface area contributed by atoms with Crippen molar-refractivity contribution in [2.45, 2.75) is 10.5 Å². The summed E-state index contributed by atoms with van der Waals surface area (Å²) < 4.78 is 69.5. The minimum absolute atomic E-state index is 0.110. The summed E-state index contributed by atoms with van der Waals surface area (Å²) in [6.45, 7) is 0. The van der Waals surface area contributed by atoms with Crippen LogP contribution in [0, 0.1) is 0 Å². The maximum Gasteiger partial charge on any atom is 0.446 e. The van der Waals surface area contributed by atoms with Crippen LogP contribution in [-0.4, -0.2) is 32.6 Å². The van der Waals surface area contributed by atoms with Crippen molar-refractivity contribution in [1.29, 1.82) is 0 Å². The predicted molar refractivity (Wildman–Crippen MR) is 111 cm³/mol. The van der Waals surface area contributed by atoms with Gasteiger partial charge in [-0.15, -0.1) is 0 Å². The zero-order chi connectivity index (χ0) is 22.4. The summed E-state index contributed by atoms with van der Waals surface area (Å²) in [5.74, 6) is -0.729. The van der Waals surface area contributed by atoms with Gasteiger partial charge in [0, 0.05) is 16.7 Å². The summed E-state index contributed by atoms with van der Waals surface area (Å²) >= 11 is 0. The smallest absolute Gasteiger partial charge is 0.441 e. The molecule has 1 unspecified atom stereocenters. The van der Waals surface area contributed by atoms with E-state index in [-0.39, 0.29) is 10.6 Å². The van der Waals surface area contributed by atoms with Crippen LogP contribution < -0.4 is 4.18 Å². The number of fused-ring (bicyclic) bond motifs is 1. The van der Waals surface area contributed by atoms with Gasteiger partial charge in [0.25, 0.3) is 0 Å². The number of carbonyl (C=O) groups is 1. The van der Waals surface area contributed by atoms with Crippen LogP contribution in [0.25, 0.3) is 0 Å². The van der Waals surface area contributed by atoms with E-state index in [9.17, 15) is 26.9 Å². The highest BCUT2D eigenvalue weighted by Crippen LogP contribution is 2.49. The number of ether oxygens (including phenoxy) is 1. The quantitative estimate of drug-likeness (QED) is 0.325. The lowest BCUT2D eigenvalue weighted by Gasteiger charge is -2.31. The summed E-state index contributed by atoms with van der Waals surface area (Å²) in [7, 11) is -8.63. The molecule has 0 bridgehead atoms. The Morgan fingerprint density at radius 2 is 1.32 bits per heavy atom. The molecule has 1 atom stereocenters. The maximum atomic E-state index is 12.6. The molecule has 1 heterocycles. The molecular formula is C20H16O9S2. The van der Waals surface area contributed by atoms with Crippen molar-refractivity contribution in [3.8, 4) is 5.75 Å². The van der Waals surface area contributed by atoms with Crippen molar-refractivity contribution in [3.63, 3.8) is 0 Å². The Morgan fingerprint density at radius 3 is 1.87 bits per heavy atom. The van der Waals surface area contributed by atoms with Gasteiger partial charge in [0.1, 0.15) is 16.6 Å². The van der Waals surface area contributed by atoms with Crippen LogP contribution in [0.15, 0.2) is 77.7 Å². The highest BCUT2D eigenvalue weighted by Gasteiger charge is 2.48. The van der Waals surface area contributed by atoms with E-state index in [0.717, 1.165) is 0 Å². The summed E-state index contributed by atoms with van der Waals surface area (Å²) in [4.78, 5) is 12.5. The Balaban J connectivity index is 1.89. The van der Waals surface area contributed by atoms with E-state index in [4.69, 9.17) is 9.29 Å². The van der Waals surface area contributed by atoms with Crippen LogP contribution in [0.3, 0.4) is 0 Å². The molecule has 0 spiro atoms. The summed E-state index contributed by atoms with van der Waals surface area (Å²) in [6, 6.07) is 17.8. The van der Waals surface area contributed by atoms with Crippen molar-refractivity contribution in [1.82, 2.24) is 0 Å². The standard InChI is InChI=1S/C20H16O9S2/c21-19-17-3-1-2-4-18(17)20(28-19,14-7-11-16(12-8-14)30(22,23)24)13-5-9-15(10-6-13)29-31(25,26)27/h1-12,22-24H,(H,25,26,27). The molecule has 0 fully saturated rings. The van der Waals surface area contributed by atoms with Gasteiger partial charge in [-0.05, 0) is 30.3 Å². The van der Waals surface area contributed by atoms with E-state index in [1.807, 2.05) is 0 Å². The van der Waals surface area contributed by atoms with E-state index in [1.165, 1.54) is 48.5 Å². The third-order valence-electron chi connectivity index (χ3n) is 4.81. The molecule has 11 heteroatoms. The fourth-order valence-electron chi connectivity index (χ4n) is 3.55. The molecule has 1 aliphatic rings. The van der Waals surface area contributed by atoms with Crippen LogP contribution in [0.5, 0.6) is 5.75 Å². The van der Waals surface area contributed by atoms with Gasteiger partial charge in [-0.1, -0.05) is 42.5 Å². The maximum absolute atomic E-state index is 12.6. The monoisotopic (exact) mass is 464 g/mol. The van der Waals surface area contributed by atoms with Gasteiger partial charge in [0.05, 0.1) is 10.5 Å². The van der Waals surface area contributed by atoms with Gasteiger partial charge in [0.2, 0.25) is 0 Å². The fraction of sp³-hybridized carbons (Fsp3) is 0.0500. The molecule has 0 saturated carbocycles. The highest BCUT2D eigenvalue weighted by molar-refractivity contribution is 8.19. The van der Waals surface area contributed by atoms with Gasteiger partial charge >= 0.3 is 16.4 Å². The molecule has 0 saturated heterocycles. The largest absolute Gasteiger partial charge is 0.446 e. The molecular weight excluding hydrogens is 448 g/mol. The number of rotatable bonds is 5. The van der Waals surface area contributed by atoms with E-state index >= 15 is 0 Å². The molecule has 3 aromatic carbocycles. The number of hydrogen-bond donors (Lipinski definition) is 4. The minimum atomic E-state index is -4.71. The van der Waals surface area contributed by atoms with E-state index < -0.39 is 32.8 Å². The average molecular weight is 464 g/mol. The number of esters is 1. The summed E-state index contributed by atoms with van der Waals surface area (Å²) in [6.07, 6.45) is 0. The van der Waals surface area contributed by atoms with E-state index in [0.29, 0.717) is 22.3 Å². The molecule has 3 aromatic rings. The lowest BCUT2D eigenvalue weighted by atomic mass is 9.80. The highest BCUT2D eigenvalue weighted by atomic mass is 32.3. The molecule has 0 radical (unpaired) electrons. The zero-order valence-electron chi connectivity index (χ0n) is 15.6. The van der Waals surface area contributed by atoms with Crippen LogP contribution in [0.4, 0.5) is 0 Å². The molecule has 31 heavy (non-hydrogen) atoms. The zero-order valence-corrected chi connectivity index (χ0v) is 17.2. The SMILES string of the molecule is O=C1OC(c2ccc(OS(=O)(=O)O)cc2)(c2ccc(S(O)(O)O)cc2)c2ccccc21. The van der Waals surface area contributed by atoms with Crippen LogP contribution in [0.1, 0.15) is 27.0 Å². The number of carbonyl (C=O) groups excluding carboxylic acids is 1. The lowest BCUT2D eigenvalue weighted by Crippen LogP contribution is -2.29. The first-order valence-electron chi connectivity index (χ1n) is 8.72. The molecule has 9 nitrogen and oxygen atoms in total. The molecule has 162 valence electrons. The Labute approximate surface area is 179 Å². The second kappa shape index (κ2) is 7.34. The average Bonchev–Trinajstić information content (AvgIpc) is 3.01. The first kappa shape index (κ1) is 21.3. The summed E-state index contributed by atoms with van der Waals surface area (Å²) in [5.41, 5.74) is 0.308. The molecule has 4 rings (SSSR count). The first-order valence-corrected chi connectivity index (χ1v) is 11.6. The molecule has 0 aromatic heterocycles. The number of cyclic esters (lactones) is 1. The molecule has 1 aliphatic heterocycles. The van der Waals surface area contributed by atoms with Crippen molar-refractivity contribution in [3.05, 3.63) is 95.1 Å². The summed E-state index contributed by atoms with van der Waals surface area (Å²) in [5, 5.41) is 0. The predicted octanol–water partition coefficient (Wildman–Crippen LogP) is 3.91. The molecule has 0 amide bonds. The Hall–Kier alpha value is -2.93. The Morgan fingerprint density at radius 1 is 0.774 bits per heavy atom. The number of benzene rings is 3. The van der Waals surface area contributed by atoms with Crippen LogP contribution in [-0.2, 0) is 20.7 Å². The van der Waals surface area contributed by atoms with Crippen molar-refractivity contribution in [2.75, 3.05) is 0 Å². The van der Waals surface area contributed by atoms with Crippen LogP contribution >= 0.6 is 10.9 Å². The van der Waals surface area contributed by atoms with E-state index in [2.05, 4.69) is 4.18 Å². The normalized spacial score (nSPS) is 18.9. The number of hydrogen-bond acceptors (Lipinski definition) is 8. The second-order valence-electron chi connectivity index (χ2n) is 6.69. The van der Waals surface area contributed by atoms with Crippen molar-refractivity contribution in [2.24, 2.45) is 0 Å². The van der Waals surface area contributed by atoms with Gasteiger partial charge in [-0.25, -0.2) is 4.79 Å². The van der Waals surface area contributed by atoms with Crippen LogP contribution in [0.2, 0.25) is 0 Å². The third kappa shape index (κ3) is 3.90. The van der Waals surface area contributed by atoms with Gasteiger partial charge < -0.3 is 22.6 Å². The van der Waals surface area contributed by atoms with Gasteiger partial charge in [0.15, 0.2) is 5.60 Å². The Kier molecular flexibility index (Phi) is 5.04. The Bertz CT molecular complexity index is 1250. The molecule has 0 aliphatic carbocycles. The molecule has 4 N–H and O–H groups in total. The van der Waals surface area contributed by atoms with Gasteiger partial charge in [-0.3, -0.25) is 4.55 Å². The van der Waals surface area contributed by atoms with E-state index in [1.54, 1.807) is 24.3 Å². The fourth-order valence-corrected chi connectivity index (χ4v) is 4.41. The van der Waals surface area contributed by atoms with Crippen molar-refractivity contribution >= 4 is 27.2 Å². The van der Waals surface area contributed by atoms with Crippen molar-refractivity contribution < 1.29 is 40.3 Å². The third-order valence-corrected chi connectivity index (χ3v) is 6.12.